The first kappa shape index (κ1) is 15.9. The molecule has 1 saturated heterocycles. The number of nitrogens with zero attached hydrogens (tertiary/aromatic N) is 1. The Bertz CT molecular complexity index is 231. The van der Waals surface area contributed by atoms with Crippen LogP contribution in [0, 0.1) is 0 Å². The molecule has 0 aromatic heterocycles. The first-order chi connectivity index (χ1) is 8.50. The van der Waals surface area contributed by atoms with Crippen LogP contribution < -0.4 is 5.32 Å². The van der Waals surface area contributed by atoms with E-state index in [-0.39, 0.29) is 5.60 Å². The van der Waals surface area contributed by atoms with Crippen LogP contribution in [0.25, 0.3) is 0 Å². The number of hydrogen-bond acceptors (Lipinski definition) is 3. The van der Waals surface area contributed by atoms with Gasteiger partial charge in [-0.2, -0.15) is 0 Å². The Morgan fingerprint density at radius 3 is 2.72 bits per heavy atom. The summed E-state index contributed by atoms with van der Waals surface area (Å²) in [6.45, 7) is 9.13. The lowest BCUT2D eigenvalue weighted by atomic mass is 9.93. The zero-order chi connectivity index (χ0) is 13.6. The normalized spacial score (nSPS) is 24.2. The second-order valence-corrected chi connectivity index (χ2v) is 6.30. The van der Waals surface area contributed by atoms with Crippen LogP contribution in [-0.2, 0) is 4.74 Å². The molecule has 0 bridgehead atoms. The summed E-state index contributed by atoms with van der Waals surface area (Å²) >= 11 is 0. The lowest BCUT2D eigenvalue weighted by Crippen LogP contribution is -2.48. The molecule has 0 aliphatic carbocycles. The van der Waals surface area contributed by atoms with E-state index in [1.807, 2.05) is 14.2 Å². The number of methoxy groups -OCH3 is 1. The van der Waals surface area contributed by atoms with Crippen molar-refractivity contribution in [3.63, 3.8) is 0 Å². The Hall–Kier alpha value is -0.120. The topological polar surface area (TPSA) is 24.5 Å². The summed E-state index contributed by atoms with van der Waals surface area (Å²) in [4.78, 5) is 2.71. The highest BCUT2D eigenvalue weighted by Crippen LogP contribution is 2.26. The first-order valence-corrected chi connectivity index (χ1v) is 7.45. The second kappa shape index (κ2) is 7.46. The second-order valence-electron chi connectivity index (χ2n) is 6.30. The molecule has 1 N–H and O–H groups in total. The molecule has 0 amide bonds. The van der Waals surface area contributed by atoms with Crippen molar-refractivity contribution >= 4 is 0 Å². The molecule has 1 heterocycles. The van der Waals surface area contributed by atoms with Crippen molar-refractivity contribution in [2.24, 2.45) is 0 Å². The van der Waals surface area contributed by atoms with Crippen LogP contribution >= 0.6 is 0 Å². The van der Waals surface area contributed by atoms with E-state index in [1.165, 1.54) is 32.2 Å². The molecule has 108 valence electrons. The monoisotopic (exact) mass is 256 g/mol. The Morgan fingerprint density at radius 1 is 1.39 bits per heavy atom. The van der Waals surface area contributed by atoms with Gasteiger partial charge in [0.15, 0.2) is 0 Å². The lowest BCUT2D eigenvalue weighted by molar-refractivity contribution is -0.0180. The molecule has 1 aliphatic heterocycles. The van der Waals surface area contributed by atoms with Gasteiger partial charge in [0.25, 0.3) is 0 Å². The van der Waals surface area contributed by atoms with Gasteiger partial charge in [0.2, 0.25) is 0 Å². The van der Waals surface area contributed by atoms with Gasteiger partial charge in [-0.05, 0) is 66.6 Å². The minimum absolute atomic E-state index is 0.00950. The van der Waals surface area contributed by atoms with Crippen LogP contribution in [0.5, 0.6) is 0 Å². The number of piperidine rings is 1. The number of rotatable bonds is 7. The molecule has 1 aliphatic rings. The number of hydrogen-bond donors (Lipinski definition) is 1. The standard InChI is InChI=1S/C15H32N2O/c1-13(12-15(2,3)18-5)17-11-7-6-8-14(17)9-10-16-4/h13-14,16H,6-12H2,1-5H3. The maximum Gasteiger partial charge on any atom is 0.0637 e. The SMILES string of the molecule is CNCCC1CCCCN1C(C)CC(C)(C)OC. The van der Waals surface area contributed by atoms with E-state index >= 15 is 0 Å². The Labute approximate surface area is 113 Å². The fourth-order valence-corrected chi connectivity index (χ4v) is 3.14. The van der Waals surface area contributed by atoms with Gasteiger partial charge in [-0.3, -0.25) is 4.90 Å². The average molecular weight is 256 g/mol. The van der Waals surface area contributed by atoms with Gasteiger partial charge >= 0.3 is 0 Å². The molecule has 1 rings (SSSR count). The van der Waals surface area contributed by atoms with Crippen LogP contribution in [0.1, 0.15) is 52.9 Å². The van der Waals surface area contributed by atoms with Crippen molar-refractivity contribution in [3.8, 4) is 0 Å². The number of nitrogens with one attached hydrogen (secondary N) is 1. The third-order valence-electron chi connectivity index (χ3n) is 4.31. The largest absolute Gasteiger partial charge is 0.379 e. The molecule has 0 radical (unpaired) electrons. The maximum atomic E-state index is 5.58. The summed E-state index contributed by atoms with van der Waals surface area (Å²) in [6, 6.07) is 1.37. The van der Waals surface area contributed by atoms with Gasteiger partial charge in [-0.1, -0.05) is 6.42 Å². The molecule has 3 nitrogen and oxygen atoms in total. The average Bonchev–Trinajstić information content (AvgIpc) is 2.36. The highest BCUT2D eigenvalue weighted by atomic mass is 16.5. The predicted octanol–water partition coefficient (Wildman–Crippen LogP) is 2.65. The van der Waals surface area contributed by atoms with Crippen molar-refractivity contribution in [2.45, 2.75) is 70.6 Å². The molecule has 2 unspecified atom stereocenters. The molecule has 18 heavy (non-hydrogen) atoms. The van der Waals surface area contributed by atoms with Gasteiger partial charge in [-0.25, -0.2) is 0 Å². The van der Waals surface area contributed by atoms with Crippen molar-refractivity contribution < 1.29 is 4.74 Å². The van der Waals surface area contributed by atoms with Gasteiger partial charge in [0.1, 0.15) is 0 Å². The summed E-state index contributed by atoms with van der Waals surface area (Å²) < 4.78 is 5.58. The van der Waals surface area contributed by atoms with Gasteiger partial charge in [-0.15, -0.1) is 0 Å². The zero-order valence-corrected chi connectivity index (χ0v) is 13.0. The van der Waals surface area contributed by atoms with Gasteiger partial charge in [0.05, 0.1) is 5.60 Å². The van der Waals surface area contributed by atoms with Gasteiger partial charge < -0.3 is 10.1 Å². The lowest BCUT2D eigenvalue weighted by Gasteiger charge is -2.42. The smallest absolute Gasteiger partial charge is 0.0637 e. The Kier molecular flexibility index (Phi) is 6.61. The van der Waals surface area contributed by atoms with E-state index in [0.29, 0.717) is 6.04 Å². The van der Waals surface area contributed by atoms with Crippen LogP contribution in [0.3, 0.4) is 0 Å². The molecule has 0 spiro atoms. The third kappa shape index (κ3) is 4.87. The van der Waals surface area contributed by atoms with Crippen LogP contribution in [0.4, 0.5) is 0 Å². The molecular weight excluding hydrogens is 224 g/mol. The zero-order valence-electron chi connectivity index (χ0n) is 13.0. The predicted molar refractivity (Wildman–Crippen MR) is 78.1 cm³/mol. The molecule has 2 atom stereocenters. The van der Waals surface area contributed by atoms with Gasteiger partial charge in [0, 0.05) is 19.2 Å². The fraction of sp³-hybridized carbons (Fsp3) is 1.00. The number of ether oxygens (including phenoxy) is 1. The van der Waals surface area contributed by atoms with E-state index in [1.54, 1.807) is 0 Å². The van der Waals surface area contributed by atoms with E-state index in [4.69, 9.17) is 4.74 Å². The minimum atomic E-state index is -0.00950. The summed E-state index contributed by atoms with van der Waals surface area (Å²) in [6.07, 6.45) is 6.49. The van der Waals surface area contributed by atoms with Crippen LogP contribution in [0.15, 0.2) is 0 Å². The first-order valence-electron chi connectivity index (χ1n) is 7.45. The molecule has 0 aromatic rings. The Balaban J connectivity index is 2.53. The summed E-state index contributed by atoms with van der Waals surface area (Å²) in [5, 5.41) is 3.28. The van der Waals surface area contributed by atoms with E-state index in [9.17, 15) is 0 Å². The summed E-state index contributed by atoms with van der Waals surface area (Å²) in [7, 11) is 3.87. The molecular formula is C15H32N2O. The van der Waals surface area contributed by atoms with E-state index in [0.717, 1.165) is 19.0 Å². The maximum absolute atomic E-state index is 5.58. The highest BCUT2D eigenvalue weighted by molar-refractivity contribution is 4.85. The molecule has 0 saturated carbocycles. The fourth-order valence-electron chi connectivity index (χ4n) is 3.14. The molecule has 3 heteroatoms. The minimum Gasteiger partial charge on any atom is -0.379 e. The summed E-state index contributed by atoms with van der Waals surface area (Å²) in [5.41, 5.74) is -0.00950. The molecule has 0 aromatic carbocycles. The van der Waals surface area contributed by atoms with Crippen molar-refractivity contribution in [2.75, 3.05) is 27.2 Å². The quantitative estimate of drug-likeness (QED) is 0.758. The third-order valence-corrected chi connectivity index (χ3v) is 4.31. The van der Waals surface area contributed by atoms with E-state index in [2.05, 4.69) is 31.0 Å². The number of likely N-dealkylation sites (tertiary alicyclic amines) is 1. The summed E-state index contributed by atoms with van der Waals surface area (Å²) in [5.74, 6) is 0. The van der Waals surface area contributed by atoms with Crippen LogP contribution in [-0.4, -0.2) is 49.8 Å². The Morgan fingerprint density at radius 2 is 2.11 bits per heavy atom. The van der Waals surface area contributed by atoms with Crippen LogP contribution in [0.2, 0.25) is 0 Å². The molecule has 1 fully saturated rings. The van der Waals surface area contributed by atoms with E-state index < -0.39 is 0 Å². The van der Waals surface area contributed by atoms with Crippen molar-refractivity contribution in [1.29, 1.82) is 0 Å². The highest BCUT2D eigenvalue weighted by Gasteiger charge is 2.29. The van der Waals surface area contributed by atoms with Crippen molar-refractivity contribution in [3.05, 3.63) is 0 Å². The van der Waals surface area contributed by atoms with Crippen molar-refractivity contribution in [1.82, 2.24) is 10.2 Å².